The highest BCUT2D eigenvalue weighted by Crippen LogP contribution is 2.26. The number of ether oxygens (including phenoxy) is 1. The predicted octanol–water partition coefficient (Wildman–Crippen LogP) is 1.53. The van der Waals surface area contributed by atoms with Crippen molar-refractivity contribution in [2.24, 2.45) is 0 Å². The summed E-state index contributed by atoms with van der Waals surface area (Å²) < 4.78 is 4.91. The molecule has 1 aromatic rings. The SMILES string of the molecule is CCCCOC(=O)CN1C(=O)c2ccc([N+](=O)[O-])cc2C1=O. The third-order valence-corrected chi connectivity index (χ3v) is 3.21. The molecular weight excluding hydrogens is 292 g/mol. The van der Waals surface area contributed by atoms with Crippen LogP contribution in [0.4, 0.5) is 5.69 Å². The summed E-state index contributed by atoms with van der Waals surface area (Å²) in [5.74, 6) is -2.06. The third-order valence-electron chi connectivity index (χ3n) is 3.21. The molecule has 0 aliphatic carbocycles. The molecule has 0 radical (unpaired) electrons. The zero-order chi connectivity index (χ0) is 16.3. The lowest BCUT2D eigenvalue weighted by molar-refractivity contribution is -0.384. The molecule has 22 heavy (non-hydrogen) atoms. The van der Waals surface area contributed by atoms with Crippen LogP contribution in [0.15, 0.2) is 18.2 Å². The standard InChI is InChI=1S/C14H14N2O6/c1-2-3-6-22-12(17)8-15-13(18)10-5-4-9(16(20)21)7-11(10)14(15)19/h4-5,7H,2-3,6,8H2,1H3. The molecule has 0 fully saturated rings. The van der Waals surface area contributed by atoms with Crippen LogP contribution in [0, 0.1) is 10.1 Å². The summed E-state index contributed by atoms with van der Waals surface area (Å²) in [6, 6.07) is 3.40. The zero-order valence-electron chi connectivity index (χ0n) is 11.9. The molecule has 1 heterocycles. The average molecular weight is 306 g/mol. The van der Waals surface area contributed by atoms with E-state index in [1.54, 1.807) is 0 Å². The van der Waals surface area contributed by atoms with Gasteiger partial charge in [-0.3, -0.25) is 29.4 Å². The zero-order valence-corrected chi connectivity index (χ0v) is 11.9. The second-order valence-corrected chi connectivity index (χ2v) is 4.76. The Bertz CT molecular complexity index is 655. The maximum atomic E-state index is 12.1. The number of hydrogen-bond donors (Lipinski definition) is 0. The number of nitrogens with zero attached hydrogens (tertiary/aromatic N) is 2. The fourth-order valence-electron chi connectivity index (χ4n) is 2.04. The molecule has 1 aliphatic rings. The molecule has 0 spiro atoms. The molecule has 8 heteroatoms. The summed E-state index contributed by atoms with van der Waals surface area (Å²) in [4.78, 5) is 46.6. The lowest BCUT2D eigenvalue weighted by atomic mass is 10.1. The van der Waals surface area contributed by atoms with E-state index in [4.69, 9.17) is 4.74 Å². The minimum absolute atomic E-state index is 0.0527. The van der Waals surface area contributed by atoms with Crippen molar-refractivity contribution >= 4 is 23.5 Å². The van der Waals surface area contributed by atoms with Crippen LogP contribution in [0.1, 0.15) is 40.5 Å². The molecule has 0 N–H and O–H groups in total. The summed E-state index contributed by atoms with van der Waals surface area (Å²) in [7, 11) is 0. The van der Waals surface area contributed by atoms with Crippen molar-refractivity contribution in [2.75, 3.05) is 13.2 Å². The van der Waals surface area contributed by atoms with Crippen molar-refractivity contribution in [1.29, 1.82) is 0 Å². The highest BCUT2D eigenvalue weighted by atomic mass is 16.6. The predicted molar refractivity (Wildman–Crippen MR) is 74.3 cm³/mol. The molecule has 0 saturated carbocycles. The van der Waals surface area contributed by atoms with Crippen LogP contribution in [0.5, 0.6) is 0 Å². The highest BCUT2D eigenvalue weighted by Gasteiger charge is 2.38. The van der Waals surface area contributed by atoms with Crippen molar-refractivity contribution in [2.45, 2.75) is 19.8 Å². The molecule has 1 aliphatic heterocycles. The summed E-state index contributed by atoms with van der Waals surface area (Å²) in [5, 5.41) is 10.7. The Morgan fingerprint density at radius 2 is 1.95 bits per heavy atom. The van der Waals surface area contributed by atoms with E-state index in [1.165, 1.54) is 6.07 Å². The number of hydrogen-bond acceptors (Lipinski definition) is 6. The van der Waals surface area contributed by atoms with Crippen LogP contribution in [0.3, 0.4) is 0 Å². The molecule has 0 atom stereocenters. The lowest BCUT2D eigenvalue weighted by Gasteiger charge is -2.12. The van der Waals surface area contributed by atoms with Gasteiger partial charge in [-0.1, -0.05) is 13.3 Å². The molecule has 2 rings (SSSR count). The topological polar surface area (TPSA) is 107 Å². The van der Waals surface area contributed by atoms with Gasteiger partial charge in [0.05, 0.1) is 22.7 Å². The van der Waals surface area contributed by atoms with Gasteiger partial charge in [0, 0.05) is 12.1 Å². The molecule has 0 saturated heterocycles. The first kappa shape index (κ1) is 15.6. The monoisotopic (exact) mass is 306 g/mol. The first-order valence-electron chi connectivity index (χ1n) is 6.76. The summed E-state index contributed by atoms with van der Waals surface area (Å²) in [5.41, 5.74) is -0.301. The number of esters is 1. The largest absolute Gasteiger partial charge is 0.464 e. The second kappa shape index (κ2) is 6.33. The van der Waals surface area contributed by atoms with Gasteiger partial charge in [-0.25, -0.2) is 0 Å². The van der Waals surface area contributed by atoms with E-state index in [0.29, 0.717) is 6.42 Å². The Balaban J connectivity index is 2.13. The minimum Gasteiger partial charge on any atom is -0.464 e. The third kappa shape index (κ3) is 2.95. The number of carbonyl (C=O) groups excluding carboxylic acids is 3. The Hall–Kier alpha value is -2.77. The van der Waals surface area contributed by atoms with Gasteiger partial charge in [0.15, 0.2) is 0 Å². The normalized spacial score (nSPS) is 13.2. The van der Waals surface area contributed by atoms with E-state index < -0.39 is 29.3 Å². The molecular formula is C14H14N2O6. The van der Waals surface area contributed by atoms with Gasteiger partial charge in [0.2, 0.25) is 0 Å². The molecule has 0 bridgehead atoms. The summed E-state index contributed by atoms with van der Waals surface area (Å²) in [6.07, 6.45) is 1.55. The van der Waals surface area contributed by atoms with Gasteiger partial charge < -0.3 is 4.74 Å². The van der Waals surface area contributed by atoms with Gasteiger partial charge in [0.25, 0.3) is 17.5 Å². The van der Waals surface area contributed by atoms with Crippen LogP contribution in [0.25, 0.3) is 0 Å². The van der Waals surface area contributed by atoms with Gasteiger partial charge in [0.1, 0.15) is 6.54 Å². The minimum atomic E-state index is -0.726. The quantitative estimate of drug-likeness (QED) is 0.259. The molecule has 116 valence electrons. The van der Waals surface area contributed by atoms with Crippen molar-refractivity contribution in [3.63, 3.8) is 0 Å². The second-order valence-electron chi connectivity index (χ2n) is 4.76. The number of imide groups is 1. The molecule has 0 unspecified atom stereocenters. The van der Waals surface area contributed by atoms with E-state index >= 15 is 0 Å². The van der Waals surface area contributed by atoms with Crippen molar-refractivity contribution in [1.82, 2.24) is 4.90 Å². The van der Waals surface area contributed by atoms with Crippen molar-refractivity contribution < 1.29 is 24.0 Å². The number of nitro groups is 1. The number of fused-ring (bicyclic) bond motifs is 1. The van der Waals surface area contributed by atoms with Crippen LogP contribution in [-0.2, 0) is 9.53 Å². The number of carbonyl (C=O) groups is 3. The number of amides is 2. The number of nitro benzene ring substituents is 1. The van der Waals surface area contributed by atoms with E-state index in [-0.39, 0.29) is 23.4 Å². The summed E-state index contributed by atoms with van der Waals surface area (Å²) >= 11 is 0. The maximum absolute atomic E-state index is 12.1. The van der Waals surface area contributed by atoms with Crippen LogP contribution in [-0.4, -0.2) is 40.8 Å². The van der Waals surface area contributed by atoms with Crippen molar-refractivity contribution in [3.8, 4) is 0 Å². The van der Waals surface area contributed by atoms with Crippen molar-refractivity contribution in [3.05, 3.63) is 39.4 Å². The number of non-ortho nitro benzene ring substituents is 1. The van der Waals surface area contributed by atoms with Crippen LogP contribution >= 0.6 is 0 Å². The fourth-order valence-corrected chi connectivity index (χ4v) is 2.04. The maximum Gasteiger partial charge on any atom is 0.326 e. The Labute approximate surface area is 125 Å². The van der Waals surface area contributed by atoms with Crippen LogP contribution in [0.2, 0.25) is 0 Å². The van der Waals surface area contributed by atoms with Gasteiger partial charge in [-0.15, -0.1) is 0 Å². The lowest BCUT2D eigenvalue weighted by Crippen LogP contribution is -2.35. The highest BCUT2D eigenvalue weighted by molar-refractivity contribution is 6.22. The van der Waals surface area contributed by atoms with Crippen LogP contribution < -0.4 is 0 Å². The van der Waals surface area contributed by atoms with Gasteiger partial charge in [-0.05, 0) is 12.5 Å². The van der Waals surface area contributed by atoms with E-state index in [1.807, 2.05) is 6.92 Å². The van der Waals surface area contributed by atoms with Gasteiger partial charge in [-0.2, -0.15) is 0 Å². The Kier molecular flexibility index (Phi) is 4.50. The van der Waals surface area contributed by atoms with E-state index in [9.17, 15) is 24.5 Å². The molecule has 0 aromatic heterocycles. The summed E-state index contributed by atoms with van der Waals surface area (Å²) in [6.45, 7) is 1.67. The Morgan fingerprint density at radius 3 is 2.59 bits per heavy atom. The molecule has 2 amide bonds. The Morgan fingerprint density at radius 1 is 1.27 bits per heavy atom. The fraction of sp³-hybridized carbons (Fsp3) is 0.357. The van der Waals surface area contributed by atoms with E-state index in [0.717, 1.165) is 23.5 Å². The number of benzene rings is 1. The average Bonchev–Trinajstić information content (AvgIpc) is 2.72. The van der Waals surface area contributed by atoms with Gasteiger partial charge >= 0.3 is 5.97 Å². The van der Waals surface area contributed by atoms with E-state index in [2.05, 4.69) is 0 Å². The smallest absolute Gasteiger partial charge is 0.326 e. The molecule has 8 nitrogen and oxygen atoms in total. The first-order valence-corrected chi connectivity index (χ1v) is 6.76. The number of rotatable bonds is 6. The molecule has 1 aromatic carbocycles. The first-order chi connectivity index (χ1) is 10.5. The number of unbranched alkanes of at least 4 members (excludes halogenated alkanes) is 1.